The molecule has 1 aliphatic rings. The van der Waals surface area contributed by atoms with Gasteiger partial charge in [0.15, 0.2) is 0 Å². The summed E-state index contributed by atoms with van der Waals surface area (Å²) in [6.07, 6.45) is 1.39. The highest BCUT2D eigenvalue weighted by Gasteiger charge is 2.36. The van der Waals surface area contributed by atoms with Crippen molar-refractivity contribution >= 4 is 57.9 Å². The molecule has 0 spiro atoms. The number of carbonyl (C=O) groups is 3. The Labute approximate surface area is 215 Å². The first-order valence-corrected chi connectivity index (χ1v) is 12.0. The average Bonchev–Trinajstić information content (AvgIpc) is 3.40. The summed E-state index contributed by atoms with van der Waals surface area (Å²) in [6, 6.07) is 14.8. The van der Waals surface area contributed by atoms with E-state index in [0.717, 1.165) is 10.5 Å². The molecule has 11 heteroatoms. The van der Waals surface area contributed by atoms with E-state index in [0.29, 0.717) is 34.7 Å². The average molecular weight is 526 g/mol. The van der Waals surface area contributed by atoms with Crippen LogP contribution in [0.3, 0.4) is 0 Å². The summed E-state index contributed by atoms with van der Waals surface area (Å²) in [5, 5.41) is 13.2. The van der Waals surface area contributed by atoms with Crippen LogP contribution in [-0.2, 0) is 9.59 Å². The molecule has 4 rings (SSSR count). The molecule has 1 N–H and O–H groups in total. The highest BCUT2D eigenvalue weighted by Crippen LogP contribution is 2.35. The van der Waals surface area contributed by atoms with Crippen LogP contribution >= 0.6 is 23.4 Å². The largest absolute Gasteiger partial charge is 0.457 e. The maximum absolute atomic E-state index is 12.8. The van der Waals surface area contributed by atoms with Crippen molar-refractivity contribution in [3.63, 3.8) is 0 Å². The highest BCUT2D eigenvalue weighted by molar-refractivity contribution is 8.18. The molecule has 3 aromatic rings. The van der Waals surface area contributed by atoms with Crippen LogP contribution in [0.2, 0.25) is 5.02 Å². The number of nitrogens with zero attached hydrogens (tertiary/aromatic N) is 2. The predicted octanol–water partition coefficient (Wildman–Crippen LogP) is 6.31. The molecule has 0 saturated carbocycles. The molecular weight excluding hydrogens is 506 g/mol. The number of benzene rings is 2. The van der Waals surface area contributed by atoms with E-state index >= 15 is 0 Å². The van der Waals surface area contributed by atoms with Gasteiger partial charge in [-0.05, 0) is 59.6 Å². The summed E-state index contributed by atoms with van der Waals surface area (Å²) in [4.78, 5) is 49.1. The van der Waals surface area contributed by atoms with E-state index in [4.69, 9.17) is 16.0 Å². The molecule has 1 saturated heterocycles. The molecule has 1 aliphatic heterocycles. The smallest absolute Gasteiger partial charge is 0.294 e. The molecule has 1 aromatic heterocycles. The number of furan rings is 1. The van der Waals surface area contributed by atoms with Gasteiger partial charge in [-0.3, -0.25) is 29.4 Å². The molecule has 2 heterocycles. The van der Waals surface area contributed by atoms with Gasteiger partial charge >= 0.3 is 0 Å². The predicted molar refractivity (Wildman–Crippen MR) is 138 cm³/mol. The van der Waals surface area contributed by atoms with Gasteiger partial charge in [-0.2, -0.15) is 0 Å². The van der Waals surface area contributed by atoms with Gasteiger partial charge in [0.25, 0.3) is 16.8 Å². The van der Waals surface area contributed by atoms with Gasteiger partial charge in [0, 0.05) is 23.4 Å². The van der Waals surface area contributed by atoms with Gasteiger partial charge in [-0.15, -0.1) is 0 Å². The summed E-state index contributed by atoms with van der Waals surface area (Å²) in [5.41, 5.74) is 1.86. The fourth-order valence-corrected chi connectivity index (χ4v) is 4.46. The molecular formula is C25H20ClN3O6S. The van der Waals surface area contributed by atoms with E-state index < -0.39 is 28.5 Å². The first-order valence-electron chi connectivity index (χ1n) is 10.8. The van der Waals surface area contributed by atoms with Crippen molar-refractivity contribution in [3.8, 4) is 11.3 Å². The van der Waals surface area contributed by atoms with E-state index in [9.17, 15) is 24.5 Å². The number of hydrogen-bond acceptors (Lipinski definition) is 7. The van der Waals surface area contributed by atoms with Crippen LogP contribution in [0.5, 0.6) is 0 Å². The van der Waals surface area contributed by atoms with Gasteiger partial charge in [0.2, 0.25) is 5.91 Å². The molecule has 0 atom stereocenters. The molecule has 36 heavy (non-hydrogen) atoms. The Bertz CT molecular complexity index is 1400. The van der Waals surface area contributed by atoms with Crippen LogP contribution in [0.25, 0.3) is 17.4 Å². The van der Waals surface area contributed by atoms with Crippen molar-refractivity contribution < 1.29 is 23.7 Å². The summed E-state index contributed by atoms with van der Waals surface area (Å²) < 4.78 is 5.69. The quantitative estimate of drug-likeness (QED) is 0.218. The number of nitro groups is 1. The molecule has 3 amide bonds. The van der Waals surface area contributed by atoms with Crippen LogP contribution < -0.4 is 5.32 Å². The molecule has 2 aromatic carbocycles. The number of nitro benzene ring substituents is 1. The van der Waals surface area contributed by atoms with Gasteiger partial charge < -0.3 is 9.73 Å². The van der Waals surface area contributed by atoms with Crippen molar-refractivity contribution in [3.05, 3.63) is 86.0 Å². The van der Waals surface area contributed by atoms with E-state index in [-0.39, 0.29) is 21.4 Å². The number of amides is 3. The van der Waals surface area contributed by atoms with Crippen molar-refractivity contribution in [1.29, 1.82) is 0 Å². The van der Waals surface area contributed by atoms with Crippen LogP contribution in [0, 0.1) is 10.1 Å². The minimum absolute atomic E-state index is 0.000753. The van der Waals surface area contributed by atoms with Crippen LogP contribution in [-0.4, -0.2) is 33.4 Å². The van der Waals surface area contributed by atoms with Crippen LogP contribution in [0.1, 0.15) is 31.1 Å². The fraction of sp³-hybridized carbons (Fsp3) is 0.160. The number of anilines is 1. The summed E-state index contributed by atoms with van der Waals surface area (Å²) in [5.74, 6) is -0.173. The SMILES string of the molecule is CC(C)c1ccc(NC(=O)CN2C(=O)S/C(=C/c3ccc(-c4ccc(Cl)c([N+](=O)[O-])c4)o3)C2=O)cc1. The second kappa shape index (κ2) is 10.4. The van der Waals surface area contributed by atoms with Gasteiger partial charge in [0.1, 0.15) is 23.1 Å². The Kier molecular flexibility index (Phi) is 7.27. The number of thioether (sulfide) groups is 1. The lowest BCUT2D eigenvalue weighted by molar-refractivity contribution is -0.384. The molecule has 1 fully saturated rings. The molecule has 0 radical (unpaired) electrons. The van der Waals surface area contributed by atoms with E-state index in [1.54, 1.807) is 30.3 Å². The number of carbonyl (C=O) groups excluding carboxylic acids is 3. The third kappa shape index (κ3) is 5.50. The number of halogens is 1. The number of imide groups is 1. The Balaban J connectivity index is 1.44. The maximum atomic E-state index is 12.8. The summed E-state index contributed by atoms with van der Waals surface area (Å²) in [6.45, 7) is 3.70. The zero-order chi connectivity index (χ0) is 26.0. The third-order valence-electron chi connectivity index (χ3n) is 5.36. The van der Waals surface area contributed by atoms with Gasteiger partial charge in [-0.1, -0.05) is 37.6 Å². The Hall–Kier alpha value is -3.89. The van der Waals surface area contributed by atoms with E-state index in [2.05, 4.69) is 19.2 Å². The van der Waals surface area contributed by atoms with Crippen LogP contribution in [0.15, 0.2) is 63.9 Å². The lowest BCUT2D eigenvalue weighted by atomic mass is 10.0. The van der Waals surface area contributed by atoms with Crippen molar-refractivity contribution in [2.24, 2.45) is 0 Å². The zero-order valence-electron chi connectivity index (χ0n) is 19.2. The van der Waals surface area contributed by atoms with Gasteiger partial charge in [0.05, 0.1) is 9.83 Å². The monoisotopic (exact) mass is 525 g/mol. The topological polar surface area (TPSA) is 123 Å². The standard InChI is InChI=1S/C25H20ClN3O6S/c1-14(2)15-3-6-17(7-4-15)27-23(30)13-28-24(31)22(36-25(28)32)12-18-8-10-21(35-18)16-5-9-19(26)20(11-16)29(33)34/h3-12,14H,13H2,1-2H3,(H,27,30)/b22-12+. The lowest BCUT2D eigenvalue weighted by Gasteiger charge is -2.13. The number of rotatable bonds is 7. The third-order valence-corrected chi connectivity index (χ3v) is 6.59. The number of hydrogen-bond donors (Lipinski definition) is 1. The fourth-order valence-electron chi connectivity index (χ4n) is 3.45. The molecule has 9 nitrogen and oxygen atoms in total. The van der Waals surface area contributed by atoms with E-state index in [1.165, 1.54) is 18.2 Å². The maximum Gasteiger partial charge on any atom is 0.294 e. The van der Waals surface area contributed by atoms with Crippen LogP contribution in [0.4, 0.5) is 16.2 Å². The molecule has 0 aliphatic carbocycles. The Morgan fingerprint density at radius 2 is 1.89 bits per heavy atom. The van der Waals surface area contributed by atoms with Crippen molar-refractivity contribution in [2.45, 2.75) is 19.8 Å². The summed E-state index contributed by atoms with van der Waals surface area (Å²) >= 11 is 6.55. The zero-order valence-corrected chi connectivity index (χ0v) is 20.8. The van der Waals surface area contributed by atoms with E-state index in [1.807, 2.05) is 12.1 Å². The Morgan fingerprint density at radius 1 is 1.17 bits per heavy atom. The molecule has 184 valence electrons. The summed E-state index contributed by atoms with van der Waals surface area (Å²) in [7, 11) is 0. The van der Waals surface area contributed by atoms with Gasteiger partial charge in [-0.25, -0.2) is 0 Å². The lowest BCUT2D eigenvalue weighted by Crippen LogP contribution is -2.36. The van der Waals surface area contributed by atoms with Crippen molar-refractivity contribution in [2.75, 3.05) is 11.9 Å². The second-order valence-corrected chi connectivity index (χ2v) is 9.62. The normalized spacial score (nSPS) is 14.7. The highest BCUT2D eigenvalue weighted by atomic mass is 35.5. The minimum Gasteiger partial charge on any atom is -0.457 e. The molecule has 0 unspecified atom stereocenters. The minimum atomic E-state index is -0.615. The second-order valence-electron chi connectivity index (χ2n) is 8.22. The first-order chi connectivity index (χ1) is 17.1. The Morgan fingerprint density at radius 3 is 2.56 bits per heavy atom. The van der Waals surface area contributed by atoms with Crippen molar-refractivity contribution in [1.82, 2.24) is 4.90 Å². The molecule has 0 bridgehead atoms. The first kappa shape index (κ1) is 25.2. The number of nitrogens with one attached hydrogen (secondary N) is 1.